The van der Waals surface area contributed by atoms with Gasteiger partial charge in [0.25, 0.3) is 5.91 Å². The van der Waals surface area contributed by atoms with E-state index in [1.165, 1.54) is 0 Å². The van der Waals surface area contributed by atoms with E-state index >= 15 is 0 Å². The van der Waals surface area contributed by atoms with Crippen LogP contribution in [0.1, 0.15) is 29.4 Å². The predicted octanol–water partition coefficient (Wildman–Crippen LogP) is 1.26. The van der Waals surface area contributed by atoms with Gasteiger partial charge in [-0.05, 0) is 39.9 Å². The third-order valence-electron chi connectivity index (χ3n) is 3.38. The Morgan fingerprint density at radius 3 is 3.00 bits per heavy atom. The molecular formula is C14H22N4O. The number of carbonyl (C=O) groups is 1. The zero-order chi connectivity index (χ0) is 13.8. The summed E-state index contributed by atoms with van der Waals surface area (Å²) < 4.78 is 0. The van der Waals surface area contributed by atoms with Crippen LogP contribution in [0.2, 0.25) is 0 Å². The van der Waals surface area contributed by atoms with Crippen molar-refractivity contribution in [1.82, 2.24) is 15.2 Å². The van der Waals surface area contributed by atoms with Gasteiger partial charge in [0.1, 0.15) is 0 Å². The highest BCUT2D eigenvalue weighted by molar-refractivity contribution is 5.99. The minimum absolute atomic E-state index is 0.0382. The second-order valence-corrected chi connectivity index (χ2v) is 5.12. The Labute approximate surface area is 114 Å². The van der Waals surface area contributed by atoms with Gasteiger partial charge >= 0.3 is 0 Å². The van der Waals surface area contributed by atoms with E-state index in [1.807, 2.05) is 19.9 Å². The lowest BCUT2D eigenvalue weighted by Crippen LogP contribution is -2.36. The molecule has 1 amide bonds. The summed E-state index contributed by atoms with van der Waals surface area (Å²) >= 11 is 0. The Balaban J connectivity index is 2.09. The minimum Gasteiger partial charge on any atom is -0.385 e. The number of amides is 1. The molecule has 2 rings (SSSR count). The summed E-state index contributed by atoms with van der Waals surface area (Å²) in [6.45, 7) is 6.69. The molecule has 1 aliphatic heterocycles. The average molecular weight is 262 g/mol. The smallest absolute Gasteiger partial charge is 0.255 e. The van der Waals surface area contributed by atoms with Crippen molar-refractivity contribution in [2.75, 3.05) is 32.0 Å². The van der Waals surface area contributed by atoms with Gasteiger partial charge in [-0.1, -0.05) is 0 Å². The summed E-state index contributed by atoms with van der Waals surface area (Å²) in [5.41, 5.74) is 2.40. The Kier molecular flexibility index (Phi) is 4.37. The molecule has 2 N–H and O–H groups in total. The zero-order valence-corrected chi connectivity index (χ0v) is 11.9. The fourth-order valence-corrected chi connectivity index (χ4v) is 2.39. The zero-order valence-electron chi connectivity index (χ0n) is 11.9. The molecule has 0 bridgehead atoms. The van der Waals surface area contributed by atoms with Crippen molar-refractivity contribution in [3.05, 3.63) is 23.5 Å². The van der Waals surface area contributed by atoms with E-state index in [0.29, 0.717) is 5.56 Å². The first-order chi connectivity index (χ1) is 9.10. The lowest BCUT2D eigenvalue weighted by molar-refractivity contribution is 0.0939. The van der Waals surface area contributed by atoms with Crippen LogP contribution in [-0.2, 0) is 0 Å². The second kappa shape index (κ2) is 6.02. The van der Waals surface area contributed by atoms with Gasteiger partial charge in [-0.15, -0.1) is 0 Å². The first kappa shape index (κ1) is 13.8. The third kappa shape index (κ3) is 3.44. The van der Waals surface area contributed by atoms with Gasteiger partial charge in [-0.2, -0.15) is 0 Å². The molecular weight excluding hydrogens is 240 g/mol. The molecule has 0 saturated carbocycles. The van der Waals surface area contributed by atoms with Crippen LogP contribution in [0, 0.1) is 6.92 Å². The van der Waals surface area contributed by atoms with E-state index in [-0.39, 0.29) is 11.9 Å². The number of likely N-dealkylation sites (N-methyl/N-ethyl adjacent to an activating group) is 1. The van der Waals surface area contributed by atoms with E-state index in [0.717, 1.165) is 37.4 Å². The molecule has 1 saturated heterocycles. The predicted molar refractivity (Wildman–Crippen MR) is 76.5 cm³/mol. The lowest BCUT2D eigenvalue weighted by Gasteiger charge is -2.15. The fraction of sp³-hybridized carbons (Fsp3) is 0.571. The third-order valence-corrected chi connectivity index (χ3v) is 3.38. The molecule has 0 aliphatic carbocycles. The molecule has 1 fully saturated rings. The van der Waals surface area contributed by atoms with E-state index in [1.54, 1.807) is 6.20 Å². The number of hydrogen-bond acceptors (Lipinski definition) is 4. The SMILES string of the molecule is CCNc1cc(C)ncc1C(=O)NC1CCN(C)C1. The standard InChI is InChI=1S/C14H22N4O/c1-4-15-13-7-10(2)16-8-12(13)14(19)17-11-5-6-18(3)9-11/h7-8,11H,4-6,9H2,1-3H3,(H,15,16)(H,17,19). The molecule has 0 aromatic carbocycles. The Hall–Kier alpha value is -1.62. The van der Waals surface area contributed by atoms with Crippen LogP contribution in [-0.4, -0.2) is 48.5 Å². The Morgan fingerprint density at radius 2 is 2.37 bits per heavy atom. The molecule has 104 valence electrons. The van der Waals surface area contributed by atoms with Gasteiger partial charge in [0.2, 0.25) is 0 Å². The molecule has 19 heavy (non-hydrogen) atoms. The molecule has 5 nitrogen and oxygen atoms in total. The van der Waals surface area contributed by atoms with Gasteiger partial charge in [0.15, 0.2) is 0 Å². The fourth-order valence-electron chi connectivity index (χ4n) is 2.39. The van der Waals surface area contributed by atoms with Crippen molar-refractivity contribution >= 4 is 11.6 Å². The monoisotopic (exact) mass is 262 g/mol. The number of likely N-dealkylation sites (tertiary alicyclic amines) is 1. The molecule has 1 atom stereocenters. The first-order valence-corrected chi connectivity index (χ1v) is 6.80. The van der Waals surface area contributed by atoms with Crippen LogP contribution < -0.4 is 10.6 Å². The van der Waals surface area contributed by atoms with E-state index < -0.39 is 0 Å². The van der Waals surface area contributed by atoms with Crippen LogP contribution in [0.5, 0.6) is 0 Å². The molecule has 1 aliphatic rings. The molecule has 0 spiro atoms. The molecule has 5 heteroatoms. The maximum atomic E-state index is 12.3. The summed E-state index contributed by atoms with van der Waals surface area (Å²) in [6.07, 6.45) is 2.67. The quantitative estimate of drug-likeness (QED) is 0.857. The normalized spacial score (nSPS) is 19.4. The van der Waals surface area contributed by atoms with Crippen LogP contribution in [0.25, 0.3) is 0 Å². The summed E-state index contributed by atoms with van der Waals surface area (Å²) in [4.78, 5) is 18.8. The van der Waals surface area contributed by atoms with Crippen LogP contribution in [0.15, 0.2) is 12.3 Å². The number of carbonyl (C=O) groups excluding carboxylic acids is 1. The number of rotatable bonds is 4. The molecule has 1 unspecified atom stereocenters. The molecule has 2 heterocycles. The van der Waals surface area contributed by atoms with Crippen molar-refractivity contribution in [2.45, 2.75) is 26.3 Å². The van der Waals surface area contributed by atoms with E-state index in [9.17, 15) is 4.79 Å². The van der Waals surface area contributed by atoms with Crippen molar-refractivity contribution in [3.8, 4) is 0 Å². The number of aryl methyl sites for hydroxylation is 1. The minimum atomic E-state index is -0.0382. The summed E-state index contributed by atoms with van der Waals surface area (Å²) in [5.74, 6) is -0.0382. The van der Waals surface area contributed by atoms with Crippen LogP contribution >= 0.6 is 0 Å². The molecule has 1 aromatic rings. The Bertz CT molecular complexity index is 461. The lowest BCUT2D eigenvalue weighted by atomic mass is 10.1. The van der Waals surface area contributed by atoms with Gasteiger partial charge in [-0.3, -0.25) is 9.78 Å². The van der Waals surface area contributed by atoms with Gasteiger partial charge in [0, 0.05) is 31.0 Å². The number of nitrogens with zero attached hydrogens (tertiary/aromatic N) is 2. The van der Waals surface area contributed by atoms with Crippen molar-refractivity contribution < 1.29 is 4.79 Å². The second-order valence-electron chi connectivity index (χ2n) is 5.12. The number of pyridine rings is 1. The van der Waals surface area contributed by atoms with Crippen molar-refractivity contribution in [1.29, 1.82) is 0 Å². The number of aromatic nitrogens is 1. The van der Waals surface area contributed by atoms with Crippen molar-refractivity contribution in [3.63, 3.8) is 0 Å². The maximum Gasteiger partial charge on any atom is 0.255 e. The highest BCUT2D eigenvalue weighted by atomic mass is 16.1. The van der Waals surface area contributed by atoms with E-state index in [4.69, 9.17) is 0 Å². The molecule has 1 aromatic heterocycles. The Morgan fingerprint density at radius 1 is 1.58 bits per heavy atom. The number of nitrogens with one attached hydrogen (secondary N) is 2. The van der Waals surface area contributed by atoms with Gasteiger partial charge in [0.05, 0.1) is 11.3 Å². The number of hydrogen-bond donors (Lipinski definition) is 2. The first-order valence-electron chi connectivity index (χ1n) is 6.80. The van der Waals surface area contributed by atoms with E-state index in [2.05, 4.69) is 27.6 Å². The summed E-state index contributed by atoms with van der Waals surface area (Å²) in [7, 11) is 2.07. The van der Waals surface area contributed by atoms with Gasteiger partial charge < -0.3 is 15.5 Å². The highest BCUT2D eigenvalue weighted by Gasteiger charge is 2.22. The van der Waals surface area contributed by atoms with Gasteiger partial charge in [-0.25, -0.2) is 0 Å². The number of anilines is 1. The maximum absolute atomic E-state index is 12.3. The van der Waals surface area contributed by atoms with Crippen LogP contribution in [0.4, 0.5) is 5.69 Å². The summed E-state index contributed by atoms with van der Waals surface area (Å²) in [5, 5.41) is 6.30. The van der Waals surface area contributed by atoms with Crippen LogP contribution in [0.3, 0.4) is 0 Å². The summed E-state index contributed by atoms with van der Waals surface area (Å²) in [6, 6.07) is 2.16. The molecule has 0 radical (unpaired) electrons. The van der Waals surface area contributed by atoms with Crippen molar-refractivity contribution in [2.24, 2.45) is 0 Å². The largest absolute Gasteiger partial charge is 0.385 e. The topological polar surface area (TPSA) is 57.3 Å². The average Bonchev–Trinajstić information content (AvgIpc) is 2.75. The highest BCUT2D eigenvalue weighted by Crippen LogP contribution is 2.16.